The summed E-state index contributed by atoms with van der Waals surface area (Å²) in [4.78, 5) is 50.8. The van der Waals surface area contributed by atoms with E-state index in [2.05, 4.69) is 17.2 Å². The standard InChI is InChI=1S/C17H18N4O4/c1-9-6-7-17(2,16(25)19-9)21-14(23)10-4-3-5-11(13(10)15(21)24)20-12(22)8-18/h3-5H,1,6-8,18H2,2H3,(H,19,25)(H,20,22). The van der Waals surface area contributed by atoms with Crippen LogP contribution >= 0.6 is 0 Å². The molecule has 130 valence electrons. The van der Waals surface area contributed by atoms with Gasteiger partial charge in [-0.05, 0) is 31.9 Å². The smallest absolute Gasteiger partial charge is 0.264 e. The lowest BCUT2D eigenvalue weighted by molar-refractivity contribution is -0.131. The van der Waals surface area contributed by atoms with Crippen molar-refractivity contribution < 1.29 is 19.2 Å². The van der Waals surface area contributed by atoms with Crippen LogP contribution < -0.4 is 16.4 Å². The molecule has 2 aliphatic rings. The van der Waals surface area contributed by atoms with E-state index in [-0.39, 0.29) is 29.8 Å². The van der Waals surface area contributed by atoms with E-state index in [4.69, 9.17) is 5.73 Å². The van der Waals surface area contributed by atoms with E-state index in [9.17, 15) is 19.2 Å². The Morgan fingerprint density at radius 1 is 1.36 bits per heavy atom. The predicted molar refractivity (Wildman–Crippen MR) is 89.5 cm³/mol. The predicted octanol–water partition coefficient (Wildman–Crippen LogP) is 0.362. The second kappa shape index (κ2) is 5.82. The normalized spacial score (nSPS) is 22.7. The summed E-state index contributed by atoms with van der Waals surface area (Å²) in [6.07, 6.45) is 0.750. The van der Waals surface area contributed by atoms with Gasteiger partial charge in [-0.2, -0.15) is 0 Å². The topological polar surface area (TPSA) is 122 Å². The molecule has 8 nitrogen and oxygen atoms in total. The van der Waals surface area contributed by atoms with Crippen LogP contribution in [0.4, 0.5) is 5.69 Å². The van der Waals surface area contributed by atoms with Crippen molar-refractivity contribution in [3.8, 4) is 0 Å². The number of nitrogens with two attached hydrogens (primary N) is 1. The average molecular weight is 342 g/mol. The first-order chi connectivity index (χ1) is 11.8. The number of rotatable bonds is 3. The van der Waals surface area contributed by atoms with Crippen molar-refractivity contribution in [1.82, 2.24) is 10.2 Å². The lowest BCUT2D eigenvalue weighted by atomic mass is 9.88. The third-order valence-corrected chi connectivity index (χ3v) is 4.56. The molecule has 1 fully saturated rings. The van der Waals surface area contributed by atoms with Crippen molar-refractivity contribution in [3.63, 3.8) is 0 Å². The maximum atomic E-state index is 12.9. The van der Waals surface area contributed by atoms with Crippen molar-refractivity contribution >= 4 is 29.3 Å². The molecule has 0 aliphatic carbocycles. The Bertz CT molecular complexity index is 832. The van der Waals surface area contributed by atoms with Crippen molar-refractivity contribution in [1.29, 1.82) is 0 Å². The number of piperidine rings is 1. The molecule has 1 saturated heterocycles. The Hall–Kier alpha value is -3.00. The number of nitrogens with zero attached hydrogens (tertiary/aromatic N) is 1. The summed E-state index contributed by atoms with van der Waals surface area (Å²) in [7, 11) is 0. The van der Waals surface area contributed by atoms with Gasteiger partial charge in [-0.15, -0.1) is 0 Å². The maximum absolute atomic E-state index is 12.9. The summed E-state index contributed by atoms with van der Waals surface area (Å²) >= 11 is 0. The molecular formula is C17H18N4O4. The van der Waals surface area contributed by atoms with Gasteiger partial charge in [0.15, 0.2) is 0 Å². The highest BCUT2D eigenvalue weighted by Gasteiger charge is 2.52. The Kier molecular flexibility index (Phi) is 3.92. The van der Waals surface area contributed by atoms with Gasteiger partial charge in [0.2, 0.25) is 11.8 Å². The van der Waals surface area contributed by atoms with Crippen LogP contribution in [-0.2, 0) is 9.59 Å². The van der Waals surface area contributed by atoms with E-state index in [0.29, 0.717) is 12.1 Å². The molecule has 2 aliphatic heterocycles. The largest absolute Gasteiger partial charge is 0.328 e. The zero-order valence-electron chi connectivity index (χ0n) is 13.7. The molecule has 0 bridgehead atoms. The van der Waals surface area contributed by atoms with Crippen molar-refractivity contribution in [2.24, 2.45) is 5.73 Å². The molecular weight excluding hydrogens is 324 g/mol. The van der Waals surface area contributed by atoms with Crippen LogP contribution in [0.15, 0.2) is 30.5 Å². The highest BCUT2D eigenvalue weighted by Crippen LogP contribution is 2.37. The molecule has 3 rings (SSSR count). The van der Waals surface area contributed by atoms with E-state index in [1.807, 2.05) is 0 Å². The minimum Gasteiger partial charge on any atom is -0.328 e. The number of carbonyl (C=O) groups is 4. The zero-order valence-corrected chi connectivity index (χ0v) is 13.7. The first kappa shape index (κ1) is 16.8. The van der Waals surface area contributed by atoms with Gasteiger partial charge in [0.1, 0.15) is 5.54 Å². The number of amides is 4. The van der Waals surface area contributed by atoms with Gasteiger partial charge in [0, 0.05) is 5.70 Å². The molecule has 1 aromatic rings. The van der Waals surface area contributed by atoms with E-state index >= 15 is 0 Å². The summed E-state index contributed by atoms with van der Waals surface area (Å²) in [5.74, 6) is -2.11. The highest BCUT2D eigenvalue weighted by molar-refractivity contribution is 6.26. The Morgan fingerprint density at radius 2 is 2.08 bits per heavy atom. The number of hydrogen-bond donors (Lipinski definition) is 3. The Morgan fingerprint density at radius 3 is 2.72 bits per heavy atom. The number of carbonyl (C=O) groups excluding carboxylic acids is 4. The number of fused-ring (bicyclic) bond motifs is 1. The molecule has 0 saturated carbocycles. The highest BCUT2D eigenvalue weighted by atomic mass is 16.2. The molecule has 4 amide bonds. The molecule has 1 aromatic carbocycles. The second-order valence-electron chi connectivity index (χ2n) is 6.26. The van der Waals surface area contributed by atoms with Gasteiger partial charge in [-0.1, -0.05) is 12.6 Å². The SMILES string of the molecule is C=C1CCC(C)(N2C(=O)c3cccc(NC(=O)CN)c3C2=O)C(=O)N1. The molecule has 8 heteroatoms. The minimum absolute atomic E-state index is 0.0766. The van der Waals surface area contributed by atoms with Gasteiger partial charge in [-0.25, -0.2) is 0 Å². The lowest BCUT2D eigenvalue weighted by Gasteiger charge is -2.39. The molecule has 0 aromatic heterocycles. The van der Waals surface area contributed by atoms with Gasteiger partial charge in [0.05, 0.1) is 23.4 Å². The third-order valence-electron chi connectivity index (χ3n) is 4.56. The van der Waals surface area contributed by atoms with Crippen LogP contribution in [0.25, 0.3) is 0 Å². The minimum atomic E-state index is -1.32. The third kappa shape index (κ3) is 2.51. The number of anilines is 1. The van der Waals surface area contributed by atoms with Crippen molar-refractivity contribution in [2.45, 2.75) is 25.3 Å². The summed E-state index contributed by atoms with van der Waals surface area (Å²) in [5.41, 5.74) is 4.96. The fraction of sp³-hybridized carbons (Fsp3) is 0.294. The van der Waals surface area contributed by atoms with Crippen LogP contribution in [-0.4, -0.2) is 40.6 Å². The number of benzene rings is 1. The molecule has 25 heavy (non-hydrogen) atoms. The fourth-order valence-electron chi connectivity index (χ4n) is 3.12. The van der Waals surface area contributed by atoms with E-state index in [1.165, 1.54) is 12.1 Å². The molecule has 4 N–H and O–H groups in total. The average Bonchev–Trinajstić information content (AvgIpc) is 2.84. The zero-order chi connectivity index (χ0) is 18.4. The molecule has 0 spiro atoms. The van der Waals surface area contributed by atoms with Crippen LogP contribution in [0.1, 0.15) is 40.5 Å². The molecule has 1 unspecified atom stereocenters. The maximum Gasteiger partial charge on any atom is 0.264 e. The van der Waals surface area contributed by atoms with E-state index < -0.39 is 29.2 Å². The number of hydrogen-bond acceptors (Lipinski definition) is 5. The second-order valence-corrected chi connectivity index (χ2v) is 6.26. The van der Waals surface area contributed by atoms with Crippen molar-refractivity contribution in [3.05, 3.63) is 41.6 Å². The van der Waals surface area contributed by atoms with Gasteiger partial charge in [0.25, 0.3) is 11.8 Å². The summed E-state index contributed by atoms with van der Waals surface area (Å²) in [6, 6.07) is 4.58. The van der Waals surface area contributed by atoms with E-state index in [1.54, 1.807) is 13.0 Å². The quantitative estimate of drug-likeness (QED) is 0.685. The van der Waals surface area contributed by atoms with Gasteiger partial charge in [-0.3, -0.25) is 24.1 Å². The first-order valence-electron chi connectivity index (χ1n) is 7.80. The molecule has 2 heterocycles. The van der Waals surface area contributed by atoms with Crippen LogP contribution in [0, 0.1) is 0 Å². The lowest BCUT2D eigenvalue weighted by Crippen LogP contribution is -2.60. The van der Waals surface area contributed by atoms with Crippen LogP contribution in [0.2, 0.25) is 0 Å². The number of nitrogens with one attached hydrogen (secondary N) is 2. The number of imide groups is 1. The van der Waals surface area contributed by atoms with Crippen molar-refractivity contribution in [2.75, 3.05) is 11.9 Å². The Balaban J connectivity index is 2.03. The first-order valence-corrected chi connectivity index (χ1v) is 7.80. The number of allylic oxidation sites excluding steroid dienone is 1. The van der Waals surface area contributed by atoms with Gasteiger partial charge >= 0.3 is 0 Å². The van der Waals surface area contributed by atoms with Crippen LogP contribution in [0.5, 0.6) is 0 Å². The monoisotopic (exact) mass is 342 g/mol. The molecule has 1 atom stereocenters. The summed E-state index contributed by atoms with van der Waals surface area (Å²) in [5, 5.41) is 5.12. The Labute approximate surface area is 144 Å². The van der Waals surface area contributed by atoms with Gasteiger partial charge < -0.3 is 16.4 Å². The van der Waals surface area contributed by atoms with E-state index in [0.717, 1.165) is 4.90 Å². The summed E-state index contributed by atoms with van der Waals surface area (Å²) in [6.45, 7) is 5.01. The van der Waals surface area contributed by atoms with Crippen LogP contribution in [0.3, 0.4) is 0 Å². The fourth-order valence-corrected chi connectivity index (χ4v) is 3.12. The summed E-state index contributed by atoms with van der Waals surface area (Å²) < 4.78 is 0. The molecule has 0 radical (unpaired) electrons.